The maximum Gasteiger partial charge on any atom is 0.335 e. The van der Waals surface area contributed by atoms with Crippen LogP contribution in [0.3, 0.4) is 0 Å². The monoisotopic (exact) mass is 373 g/mol. The Morgan fingerprint density at radius 2 is 1.87 bits per heavy atom. The molecule has 120 valence electrons. The summed E-state index contributed by atoms with van der Waals surface area (Å²) in [6, 6.07) is 15.7. The lowest BCUT2D eigenvalue weighted by Crippen LogP contribution is -2.32. The van der Waals surface area contributed by atoms with Gasteiger partial charge in [-0.25, -0.2) is 4.79 Å². The molecule has 2 aromatic carbocycles. The molecule has 0 bridgehead atoms. The summed E-state index contributed by atoms with van der Waals surface area (Å²) < 4.78 is 1.20. The largest absolute Gasteiger partial charge is 0.478 e. The maximum atomic E-state index is 11.1. The predicted octanol–water partition coefficient (Wildman–Crippen LogP) is 4.53. The van der Waals surface area contributed by atoms with Crippen LogP contribution in [0.15, 0.2) is 53.0 Å². The van der Waals surface area contributed by atoms with Crippen LogP contribution in [0.1, 0.15) is 40.2 Å². The molecule has 1 heterocycles. The zero-order valence-electron chi connectivity index (χ0n) is 12.9. The predicted molar refractivity (Wildman–Crippen MR) is 94.8 cm³/mol. The van der Waals surface area contributed by atoms with Gasteiger partial charge in [0.1, 0.15) is 0 Å². The van der Waals surface area contributed by atoms with Gasteiger partial charge in [-0.2, -0.15) is 0 Å². The molecule has 1 aliphatic rings. The Labute approximate surface area is 145 Å². The summed E-state index contributed by atoms with van der Waals surface area (Å²) in [7, 11) is 0. The van der Waals surface area contributed by atoms with E-state index in [4.69, 9.17) is 5.11 Å². The highest BCUT2D eigenvalue weighted by Crippen LogP contribution is 2.33. The van der Waals surface area contributed by atoms with Gasteiger partial charge in [0.25, 0.3) is 0 Å². The lowest BCUT2D eigenvalue weighted by molar-refractivity contribution is 0.0696. The Kier molecular flexibility index (Phi) is 5.13. The molecular formula is C19H20BrNO2. The van der Waals surface area contributed by atoms with Crippen molar-refractivity contribution in [2.24, 2.45) is 0 Å². The maximum absolute atomic E-state index is 11.1. The molecule has 0 atom stereocenters. The molecular weight excluding hydrogens is 354 g/mol. The molecule has 3 nitrogen and oxygen atoms in total. The normalized spacial score (nSPS) is 16.4. The van der Waals surface area contributed by atoms with Crippen molar-refractivity contribution >= 4 is 21.9 Å². The van der Waals surface area contributed by atoms with Crippen molar-refractivity contribution in [1.29, 1.82) is 0 Å². The van der Waals surface area contributed by atoms with Crippen LogP contribution in [0.5, 0.6) is 0 Å². The van der Waals surface area contributed by atoms with E-state index >= 15 is 0 Å². The number of carbonyl (C=O) groups is 1. The Hall–Kier alpha value is -1.65. The summed E-state index contributed by atoms with van der Waals surface area (Å²) >= 11 is 3.65. The third kappa shape index (κ3) is 4.01. The van der Waals surface area contributed by atoms with Crippen molar-refractivity contribution in [2.75, 3.05) is 13.1 Å². The van der Waals surface area contributed by atoms with Crippen molar-refractivity contribution in [3.8, 4) is 0 Å². The van der Waals surface area contributed by atoms with Crippen LogP contribution < -0.4 is 0 Å². The molecule has 0 unspecified atom stereocenters. The molecule has 0 aliphatic carbocycles. The number of nitrogens with zero attached hydrogens (tertiary/aromatic N) is 1. The number of likely N-dealkylation sites (tertiary alicyclic amines) is 1. The van der Waals surface area contributed by atoms with Crippen LogP contribution in [-0.2, 0) is 6.54 Å². The zero-order valence-corrected chi connectivity index (χ0v) is 14.5. The topological polar surface area (TPSA) is 40.5 Å². The lowest BCUT2D eigenvalue weighted by Gasteiger charge is -2.32. The second-order valence-corrected chi connectivity index (χ2v) is 6.93. The molecule has 3 rings (SSSR count). The summed E-state index contributed by atoms with van der Waals surface area (Å²) in [5, 5.41) is 9.08. The van der Waals surface area contributed by atoms with Crippen LogP contribution in [0.2, 0.25) is 0 Å². The molecule has 0 amide bonds. The minimum absolute atomic E-state index is 0.366. The Morgan fingerprint density at radius 1 is 1.13 bits per heavy atom. The lowest BCUT2D eigenvalue weighted by atomic mass is 9.89. The number of carboxylic acid groups (broad SMARTS) is 1. The SMILES string of the molecule is O=C(O)c1cccc(CN2CCC(c3ccccc3Br)CC2)c1. The number of hydrogen-bond donors (Lipinski definition) is 1. The van der Waals surface area contributed by atoms with Gasteiger partial charge < -0.3 is 5.11 Å². The highest BCUT2D eigenvalue weighted by Gasteiger charge is 2.22. The molecule has 0 aromatic heterocycles. The molecule has 1 aliphatic heterocycles. The third-order valence-corrected chi connectivity index (χ3v) is 5.23. The second-order valence-electron chi connectivity index (χ2n) is 6.08. The number of piperidine rings is 1. The Balaban J connectivity index is 1.60. The molecule has 1 fully saturated rings. The van der Waals surface area contributed by atoms with E-state index in [0.717, 1.165) is 38.0 Å². The van der Waals surface area contributed by atoms with Gasteiger partial charge in [0.2, 0.25) is 0 Å². The molecule has 0 radical (unpaired) electrons. The first-order valence-corrected chi connectivity index (χ1v) is 8.72. The van der Waals surface area contributed by atoms with E-state index in [-0.39, 0.29) is 0 Å². The summed E-state index contributed by atoms with van der Waals surface area (Å²) in [5.41, 5.74) is 2.84. The van der Waals surface area contributed by atoms with Gasteiger partial charge in [-0.3, -0.25) is 4.90 Å². The van der Waals surface area contributed by atoms with Crippen LogP contribution in [-0.4, -0.2) is 29.1 Å². The van der Waals surface area contributed by atoms with Crippen molar-refractivity contribution in [3.05, 3.63) is 69.7 Å². The fraction of sp³-hybridized carbons (Fsp3) is 0.316. The summed E-state index contributed by atoms with van der Waals surface area (Å²) in [6.45, 7) is 2.91. The molecule has 2 aromatic rings. The van der Waals surface area contributed by atoms with E-state index in [9.17, 15) is 4.79 Å². The molecule has 0 saturated carbocycles. The highest BCUT2D eigenvalue weighted by molar-refractivity contribution is 9.10. The average Bonchev–Trinajstić information content (AvgIpc) is 2.56. The summed E-state index contributed by atoms with van der Waals surface area (Å²) in [4.78, 5) is 13.5. The molecule has 0 spiro atoms. The van der Waals surface area contributed by atoms with Crippen molar-refractivity contribution < 1.29 is 9.90 Å². The van der Waals surface area contributed by atoms with E-state index < -0.39 is 5.97 Å². The third-order valence-electron chi connectivity index (χ3n) is 4.51. The molecule has 4 heteroatoms. The van der Waals surface area contributed by atoms with E-state index in [0.29, 0.717) is 11.5 Å². The summed E-state index contributed by atoms with van der Waals surface area (Å²) in [5.74, 6) is -0.258. The number of benzene rings is 2. The number of carboxylic acids is 1. The van der Waals surface area contributed by atoms with Crippen molar-refractivity contribution in [3.63, 3.8) is 0 Å². The van der Waals surface area contributed by atoms with E-state index in [1.807, 2.05) is 12.1 Å². The van der Waals surface area contributed by atoms with Gasteiger partial charge in [-0.1, -0.05) is 46.3 Å². The average molecular weight is 374 g/mol. The minimum atomic E-state index is -0.862. The van der Waals surface area contributed by atoms with Gasteiger partial charge in [0.15, 0.2) is 0 Å². The van der Waals surface area contributed by atoms with Crippen LogP contribution in [0.25, 0.3) is 0 Å². The first-order valence-electron chi connectivity index (χ1n) is 7.92. The van der Waals surface area contributed by atoms with E-state index in [1.54, 1.807) is 12.1 Å². The van der Waals surface area contributed by atoms with Crippen LogP contribution in [0, 0.1) is 0 Å². The van der Waals surface area contributed by atoms with Crippen LogP contribution in [0.4, 0.5) is 0 Å². The van der Waals surface area contributed by atoms with Gasteiger partial charge >= 0.3 is 5.97 Å². The zero-order chi connectivity index (χ0) is 16.2. The minimum Gasteiger partial charge on any atom is -0.478 e. The van der Waals surface area contributed by atoms with Gasteiger partial charge in [0, 0.05) is 11.0 Å². The molecule has 1 N–H and O–H groups in total. The Morgan fingerprint density at radius 3 is 2.57 bits per heavy atom. The van der Waals surface area contributed by atoms with Crippen molar-refractivity contribution in [2.45, 2.75) is 25.3 Å². The molecule has 23 heavy (non-hydrogen) atoms. The van der Waals surface area contributed by atoms with Crippen molar-refractivity contribution in [1.82, 2.24) is 4.90 Å². The number of hydrogen-bond acceptors (Lipinski definition) is 2. The van der Waals surface area contributed by atoms with Gasteiger partial charge in [-0.05, 0) is 61.2 Å². The Bertz CT molecular complexity index is 693. The highest BCUT2D eigenvalue weighted by atomic mass is 79.9. The summed E-state index contributed by atoms with van der Waals surface area (Å²) in [6.07, 6.45) is 2.28. The van der Waals surface area contributed by atoms with E-state index in [2.05, 4.69) is 45.1 Å². The fourth-order valence-corrected chi connectivity index (χ4v) is 3.88. The molecule has 1 saturated heterocycles. The number of rotatable bonds is 4. The quantitative estimate of drug-likeness (QED) is 0.855. The fourth-order valence-electron chi connectivity index (χ4n) is 3.27. The smallest absolute Gasteiger partial charge is 0.335 e. The second kappa shape index (κ2) is 7.28. The first-order chi connectivity index (χ1) is 11.1. The van der Waals surface area contributed by atoms with Crippen LogP contribution >= 0.6 is 15.9 Å². The van der Waals surface area contributed by atoms with E-state index in [1.165, 1.54) is 10.0 Å². The number of halogens is 1. The standard InChI is InChI=1S/C19H20BrNO2/c20-18-7-2-1-6-17(18)15-8-10-21(11-9-15)13-14-4-3-5-16(12-14)19(22)23/h1-7,12,15H,8-11,13H2,(H,22,23). The van der Waals surface area contributed by atoms with Gasteiger partial charge in [0.05, 0.1) is 5.56 Å². The van der Waals surface area contributed by atoms with Gasteiger partial charge in [-0.15, -0.1) is 0 Å². The number of aromatic carboxylic acids is 1. The first kappa shape index (κ1) is 16.2.